The van der Waals surface area contributed by atoms with Gasteiger partial charge in [-0.3, -0.25) is 14.4 Å². The van der Waals surface area contributed by atoms with Crippen molar-refractivity contribution in [2.24, 2.45) is 0 Å². The van der Waals surface area contributed by atoms with Gasteiger partial charge in [0.15, 0.2) is 5.78 Å². The molecular formula is C12H10FNO5. The highest BCUT2D eigenvalue weighted by Gasteiger charge is 2.54. The van der Waals surface area contributed by atoms with Crippen LogP contribution < -0.4 is 5.32 Å². The maximum Gasteiger partial charge on any atom is 0.306 e. The Morgan fingerprint density at radius 2 is 2.21 bits per heavy atom. The summed E-state index contributed by atoms with van der Waals surface area (Å²) in [6.45, 7) is 0. The van der Waals surface area contributed by atoms with Crippen LogP contribution in [0.2, 0.25) is 0 Å². The third kappa shape index (κ3) is 1.88. The molecule has 2 unspecified atom stereocenters. The smallest absolute Gasteiger partial charge is 0.306 e. The number of carboxylic acids is 1. The Kier molecular flexibility index (Phi) is 3.07. The summed E-state index contributed by atoms with van der Waals surface area (Å²) in [6, 6.07) is 3.16. The second-order valence-corrected chi connectivity index (χ2v) is 4.27. The molecule has 0 bridgehead atoms. The number of hydrogen-bond donors (Lipinski definition) is 3. The summed E-state index contributed by atoms with van der Waals surface area (Å²) >= 11 is 0. The average Bonchev–Trinajstić information content (AvgIpc) is 2.52. The highest BCUT2D eigenvalue weighted by atomic mass is 19.1. The fourth-order valence-corrected chi connectivity index (χ4v) is 2.31. The molecule has 0 spiro atoms. The van der Waals surface area contributed by atoms with Gasteiger partial charge in [0.2, 0.25) is 6.41 Å². The van der Waals surface area contributed by atoms with Crippen molar-refractivity contribution < 1.29 is 29.0 Å². The van der Waals surface area contributed by atoms with E-state index in [2.05, 4.69) is 5.32 Å². The standard InChI is InChI=1S/C12H10FNO5/c13-6-1-2-7-8(3-6)11(19)12(10(7)18,14-5-15)4-9(16)17/h1-3,5,10,18H,4H2,(H,14,15)(H,16,17). The van der Waals surface area contributed by atoms with Crippen molar-refractivity contribution in [3.63, 3.8) is 0 Å². The Balaban J connectivity index is 2.56. The lowest BCUT2D eigenvalue weighted by atomic mass is 9.88. The van der Waals surface area contributed by atoms with E-state index in [1.807, 2.05) is 0 Å². The molecule has 6 nitrogen and oxygen atoms in total. The lowest BCUT2D eigenvalue weighted by Gasteiger charge is -2.28. The molecule has 1 aliphatic rings. The van der Waals surface area contributed by atoms with E-state index in [1.54, 1.807) is 0 Å². The fraction of sp³-hybridized carbons (Fsp3) is 0.250. The van der Waals surface area contributed by atoms with Crippen LogP contribution >= 0.6 is 0 Å². The van der Waals surface area contributed by atoms with Gasteiger partial charge in [0.05, 0.1) is 6.42 Å². The molecule has 0 heterocycles. The summed E-state index contributed by atoms with van der Waals surface area (Å²) in [5.74, 6) is -2.87. The number of halogens is 1. The number of amides is 1. The first-order chi connectivity index (χ1) is 8.92. The summed E-state index contributed by atoms with van der Waals surface area (Å²) in [7, 11) is 0. The van der Waals surface area contributed by atoms with Gasteiger partial charge < -0.3 is 15.5 Å². The van der Waals surface area contributed by atoms with E-state index >= 15 is 0 Å². The zero-order valence-electron chi connectivity index (χ0n) is 9.59. The highest BCUT2D eigenvalue weighted by Crippen LogP contribution is 2.41. The maximum atomic E-state index is 13.1. The Bertz CT molecular complexity index is 573. The number of rotatable bonds is 4. The minimum Gasteiger partial charge on any atom is -0.481 e. The number of aliphatic hydroxyl groups excluding tert-OH is 1. The van der Waals surface area contributed by atoms with E-state index in [-0.39, 0.29) is 17.5 Å². The van der Waals surface area contributed by atoms with Crippen molar-refractivity contribution in [2.75, 3.05) is 0 Å². The molecule has 0 aromatic heterocycles. The third-order valence-electron chi connectivity index (χ3n) is 3.17. The first-order valence-electron chi connectivity index (χ1n) is 5.38. The minimum absolute atomic E-state index is 0.0991. The first kappa shape index (κ1) is 13.2. The second-order valence-electron chi connectivity index (χ2n) is 4.27. The number of carboxylic acid groups (broad SMARTS) is 1. The van der Waals surface area contributed by atoms with Gasteiger partial charge in [0.1, 0.15) is 17.5 Å². The summed E-state index contributed by atoms with van der Waals surface area (Å²) < 4.78 is 13.1. The van der Waals surface area contributed by atoms with Crippen LogP contribution in [0.3, 0.4) is 0 Å². The van der Waals surface area contributed by atoms with Crippen LogP contribution in [0.5, 0.6) is 0 Å². The number of benzene rings is 1. The van der Waals surface area contributed by atoms with Crippen molar-refractivity contribution in [3.05, 3.63) is 35.1 Å². The van der Waals surface area contributed by atoms with Crippen molar-refractivity contribution in [1.82, 2.24) is 5.32 Å². The Labute approximate surface area is 106 Å². The normalized spacial score (nSPS) is 24.9. The monoisotopic (exact) mass is 267 g/mol. The molecule has 1 aromatic rings. The Morgan fingerprint density at radius 1 is 1.53 bits per heavy atom. The predicted molar refractivity (Wildman–Crippen MR) is 59.9 cm³/mol. The van der Waals surface area contributed by atoms with Gasteiger partial charge in [0.25, 0.3) is 0 Å². The molecule has 100 valence electrons. The van der Waals surface area contributed by atoms with Gasteiger partial charge in [-0.2, -0.15) is 0 Å². The molecule has 1 aromatic carbocycles. The number of hydrogen-bond acceptors (Lipinski definition) is 4. The molecule has 2 rings (SSSR count). The first-order valence-corrected chi connectivity index (χ1v) is 5.38. The lowest BCUT2D eigenvalue weighted by Crippen LogP contribution is -2.53. The van der Waals surface area contributed by atoms with Gasteiger partial charge >= 0.3 is 5.97 Å². The maximum absolute atomic E-state index is 13.1. The molecule has 2 atom stereocenters. The topological polar surface area (TPSA) is 104 Å². The van der Waals surface area contributed by atoms with Crippen LogP contribution in [0.4, 0.5) is 4.39 Å². The quantitative estimate of drug-likeness (QED) is 0.667. The molecule has 0 aliphatic heterocycles. The van der Waals surface area contributed by atoms with Crippen molar-refractivity contribution in [1.29, 1.82) is 0 Å². The van der Waals surface area contributed by atoms with Gasteiger partial charge in [-0.1, -0.05) is 6.07 Å². The SMILES string of the molecule is O=CNC1(CC(=O)O)C(=O)c2cc(F)ccc2C1O. The van der Waals surface area contributed by atoms with Crippen LogP contribution in [0.1, 0.15) is 28.4 Å². The average molecular weight is 267 g/mol. The third-order valence-corrected chi connectivity index (χ3v) is 3.17. The predicted octanol–water partition coefficient (Wildman–Crippen LogP) is 0.0149. The molecular weight excluding hydrogens is 257 g/mol. The van der Waals surface area contributed by atoms with E-state index in [9.17, 15) is 23.9 Å². The zero-order valence-corrected chi connectivity index (χ0v) is 9.59. The van der Waals surface area contributed by atoms with Gasteiger partial charge in [0, 0.05) is 5.56 Å². The fourth-order valence-electron chi connectivity index (χ4n) is 2.31. The van der Waals surface area contributed by atoms with E-state index in [1.165, 1.54) is 6.07 Å². The summed E-state index contributed by atoms with van der Waals surface area (Å²) in [4.78, 5) is 33.7. The molecule has 7 heteroatoms. The van der Waals surface area contributed by atoms with Crippen molar-refractivity contribution in [3.8, 4) is 0 Å². The zero-order chi connectivity index (χ0) is 14.2. The van der Waals surface area contributed by atoms with Gasteiger partial charge in [-0.15, -0.1) is 0 Å². The Morgan fingerprint density at radius 3 is 2.79 bits per heavy atom. The molecule has 0 radical (unpaired) electrons. The van der Waals surface area contributed by atoms with Crippen molar-refractivity contribution >= 4 is 18.2 Å². The van der Waals surface area contributed by atoms with Crippen molar-refractivity contribution in [2.45, 2.75) is 18.1 Å². The number of aliphatic carboxylic acids is 1. The molecule has 1 amide bonds. The number of Topliss-reactive ketones (excluding diaryl/α,β-unsaturated/α-hetero) is 1. The molecule has 0 saturated heterocycles. The molecule has 3 N–H and O–H groups in total. The van der Waals surface area contributed by atoms with Crippen LogP contribution in [-0.4, -0.2) is 33.9 Å². The highest BCUT2D eigenvalue weighted by molar-refractivity contribution is 6.10. The number of carbonyl (C=O) groups is 3. The van der Waals surface area contributed by atoms with E-state index in [0.717, 1.165) is 12.1 Å². The van der Waals surface area contributed by atoms with Gasteiger partial charge in [-0.25, -0.2) is 4.39 Å². The second kappa shape index (κ2) is 4.43. The molecule has 0 saturated carbocycles. The Hall–Kier alpha value is -2.28. The van der Waals surface area contributed by atoms with Crippen LogP contribution in [0.15, 0.2) is 18.2 Å². The molecule has 1 aliphatic carbocycles. The number of fused-ring (bicyclic) bond motifs is 1. The van der Waals surface area contributed by atoms with E-state index < -0.39 is 35.6 Å². The van der Waals surface area contributed by atoms with Crippen LogP contribution in [0, 0.1) is 5.82 Å². The van der Waals surface area contributed by atoms with Gasteiger partial charge in [-0.05, 0) is 17.7 Å². The largest absolute Gasteiger partial charge is 0.481 e. The molecule has 19 heavy (non-hydrogen) atoms. The number of carbonyl (C=O) groups excluding carboxylic acids is 2. The van der Waals surface area contributed by atoms with E-state index in [4.69, 9.17) is 5.11 Å². The van der Waals surface area contributed by atoms with E-state index in [0.29, 0.717) is 0 Å². The summed E-state index contributed by atoms with van der Waals surface area (Å²) in [5, 5.41) is 21.0. The van der Waals surface area contributed by atoms with Crippen LogP contribution in [0.25, 0.3) is 0 Å². The van der Waals surface area contributed by atoms with Crippen LogP contribution in [-0.2, 0) is 9.59 Å². The summed E-state index contributed by atoms with van der Waals surface area (Å²) in [6.07, 6.45) is -2.18. The summed E-state index contributed by atoms with van der Waals surface area (Å²) in [5.41, 5.74) is -2.01. The lowest BCUT2D eigenvalue weighted by molar-refractivity contribution is -0.139. The molecule has 0 fully saturated rings. The number of aliphatic hydroxyl groups is 1. The number of nitrogens with one attached hydrogen (secondary N) is 1. The number of ketones is 1. The minimum atomic E-state index is -1.98.